The Balaban J connectivity index is 1.55. The summed E-state index contributed by atoms with van der Waals surface area (Å²) in [6.45, 7) is 0.535. The van der Waals surface area contributed by atoms with Crippen molar-refractivity contribution in [3.05, 3.63) is 12.7 Å². The van der Waals surface area contributed by atoms with E-state index in [-0.39, 0.29) is 5.82 Å². The fraction of sp³-hybridized carbons (Fsp3) is 0.688. The van der Waals surface area contributed by atoms with Crippen LogP contribution in [0.5, 0.6) is 0 Å². The molecule has 0 aliphatic carbocycles. The van der Waals surface area contributed by atoms with Crippen molar-refractivity contribution in [3.8, 4) is 0 Å². The molecule has 1 fully saturated rings. The van der Waals surface area contributed by atoms with Gasteiger partial charge in [0.05, 0.1) is 12.9 Å². The minimum absolute atomic E-state index is 0.169. The lowest BCUT2D eigenvalue weighted by molar-refractivity contribution is -0.0487. The lowest BCUT2D eigenvalue weighted by Crippen LogP contribution is -2.34. The SMILES string of the molecule is NCCCCCCNP(=O)(O)OC[C@H]1O[C@@H](n2cnc3c(N)ncnc32)[C@H](O)[C@@H]1O. The summed E-state index contributed by atoms with van der Waals surface area (Å²) in [5.74, 6) is 0.169. The first kappa shape index (κ1) is 23.0. The number of ether oxygens (including phenoxy) is 1. The third-order valence-electron chi connectivity index (χ3n) is 4.85. The Kier molecular flexibility index (Phi) is 7.71. The number of hydrogen-bond donors (Lipinski definition) is 6. The molecule has 0 bridgehead atoms. The third kappa shape index (κ3) is 5.31. The molecule has 2 aromatic heterocycles. The first-order valence-corrected chi connectivity index (χ1v) is 11.3. The highest BCUT2D eigenvalue weighted by molar-refractivity contribution is 7.50. The Morgan fingerprint density at radius 1 is 1.20 bits per heavy atom. The van der Waals surface area contributed by atoms with Crippen LogP contribution >= 0.6 is 7.75 Å². The molecule has 2 aromatic rings. The van der Waals surface area contributed by atoms with Gasteiger partial charge in [0.25, 0.3) is 0 Å². The van der Waals surface area contributed by atoms with Gasteiger partial charge in [0.1, 0.15) is 30.2 Å². The number of anilines is 1. The molecule has 0 amide bonds. The van der Waals surface area contributed by atoms with E-state index >= 15 is 0 Å². The van der Waals surface area contributed by atoms with E-state index in [9.17, 15) is 19.7 Å². The minimum Gasteiger partial charge on any atom is -0.387 e. The van der Waals surface area contributed by atoms with Gasteiger partial charge in [-0.15, -0.1) is 0 Å². The molecule has 13 nitrogen and oxygen atoms in total. The molecule has 1 aliphatic rings. The zero-order valence-corrected chi connectivity index (χ0v) is 17.3. The van der Waals surface area contributed by atoms with E-state index < -0.39 is 38.9 Å². The first-order chi connectivity index (χ1) is 14.3. The number of imidazole rings is 1. The average molecular weight is 445 g/mol. The molecule has 0 radical (unpaired) electrons. The largest absolute Gasteiger partial charge is 0.403 e. The maximum absolute atomic E-state index is 12.1. The van der Waals surface area contributed by atoms with E-state index in [1.807, 2.05) is 0 Å². The summed E-state index contributed by atoms with van der Waals surface area (Å²) in [6, 6.07) is 0. The summed E-state index contributed by atoms with van der Waals surface area (Å²) in [6.07, 6.45) is 1.33. The molecule has 1 unspecified atom stereocenters. The van der Waals surface area contributed by atoms with Crippen LogP contribution in [0, 0.1) is 0 Å². The van der Waals surface area contributed by atoms with Crippen LogP contribution in [0.15, 0.2) is 12.7 Å². The number of fused-ring (bicyclic) bond motifs is 1. The molecule has 14 heteroatoms. The summed E-state index contributed by atoms with van der Waals surface area (Å²) in [5.41, 5.74) is 11.8. The zero-order chi connectivity index (χ0) is 21.7. The fourth-order valence-corrected chi connectivity index (χ4v) is 4.10. The molecule has 5 atom stereocenters. The summed E-state index contributed by atoms with van der Waals surface area (Å²) in [4.78, 5) is 21.9. The average Bonchev–Trinajstić information content (AvgIpc) is 3.26. The highest BCUT2D eigenvalue weighted by Gasteiger charge is 2.45. The lowest BCUT2D eigenvalue weighted by atomic mass is 10.1. The molecule has 0 spiro atoms. The predicted octanol–water partition coefficient (Wildman–Crippen LogP) is -0.747. The summed E-state index contributed by atoms with van der Waals surface area (Å²) in [7, 11) is -4.08. The Morgan fingerprint density at radius 3 is 2.73 bits per heavy atom. The smallest absolute Gasteiger partial charge is 0.387 e. The Morgan fingerprint density at radius 2 is 1.97 bits per heavy atom. The van der Waals surface area contributed by atoms with Crippen molar-refractivity contribution in [3.63, 3.8) is 0 Å². The minimum atomic E-state index is -4.08. The van der Waals surface area contributed by atoms with Crippen molar-refractivity contribution in [1.82, 2.24) is 24.6 Å². The van der Waals surface area contributed by atoms with Crippen molar-refractivity contribution < 1.29 is 28.9 Å². The van der Waals surface area contributed by atoms with Crippen molar-refractivity contribution >= 4 is 24.7 Å². The number of hydrogen-bond acceptors (Lipinski definition) is 10. The molecule has 30 heavy (non-hydrogen) atoms. The molecule has 1 saturated heterocycles. The maximum Gasteiger partial charge on any atom is 0.403 e. The van der Waals surface area contributed by atoms with Crippen molar-refractivity contribution in [2.24, 2.45) is 5.73 Å². The number of nitrogens with zero attached hydrogens (tertiary/aromatic N) is 4. The Hall–Kier alpha value is -1.70. The van der Waals surface area contributed by atoms with Gasteiger partial charge in [-0.2, -0.15) is 0 Å². The van der Waals surface area contributed by atoms with Gasteiger partial charge in [-0.3, -0.25) is 9.09 Å². The summed E-state index contributed by atoms with van der Waals surface area (Å²) in [5, 5.41) is 23.2. The lowest BCUT2D eigenvalue weighted by Gasteiger charge is -2.18. The molecular weight excluding hydrogens is 417 g/mol. The second-order valence-electron chi connectivity index (χ2n) is 7.06. The third-order valence-corrected chi connectivity index (χ3v) is 5.98. The van der Waals surface area contributed by atoms with Crippen molar-refractivity contribution in [1.29, 1.82) is 0 Å². The number of aliphatic hydroxyl groups is 2. The topological polar surface area (TPSA) is 204 Å². The van der Waals surface area contributed by atoms with E-state index in [1.54, 1.807) is 0 Å². The highest BCUT2D eigenvalue weighted by Crippen LogP contribution is 2.39. The molecule has 3 rings (SSSR count). The zero-order valence-electron chi connectivity index (χ0n) is 16.4. The fourth-order valence-electron chi connectivity index (χ4n) is 3.22. The second-order valence-corrected chi connectivity index (χ2v) is 8.67. The molecule has 3 heterocycles. The molecule has 0 aromatic carbocycles. The van der Waals surface area contributed by atoms with Gasteiger partial charge in [0.2, 0.25) is 0 Å². The van der Waals surface area contributed by atoms with Gasteiger partial charge < -0.3 is 31.3 Å². The monoisotopic (exact) mass is 445 g/mol. The van der Waals surface area contributed by atoms with Crippen LogP contribution in [0.25, 0.3) is 11.2 Å². The molecule has 1 aliphatic heterocycles. The number of rotatable bonds is 11. The van der Waals surface area contributed by atoms with E-state index in [1.165, 1.54) is 17.2 Å². The van der Waals surface area contributed by atoms with Crippen molar-refractivity contribution in [2.75, 3.05) is 25.4 Å². The predicted molar refractivity (Wildman–Crippen MR) is 107 cm³/mol. The van der Waals surface area contributed by atoms with Gasteiger partial charge in [0.15, 0.2) is 17.7 Å². The van der Waals surface area contributed by atoms with E-state index in [2.05, 4.69) is 20.0 Å². The standard InChI is InChI=1S/C16H28N7O6P/c17-5-3-1-2-4-6-22-30(26,27)28-7-10-12(24)13(25)16(29-10)23-9-21-11-14(18)19-8-20-15(11)23/h8-10,12-13,16,24-25H,1-7,17H2,(H2,18,19,20)(H2,22,26,27)/t10-,12-,13-,16-/m1/s1. The Labute approximate surface area is 173 Å². The number of nitrogen functional groups attached to an aromatic ring is 1. The van der Waals surface area contributed by atoms with Gasteiger partial charge in [-0.25, -0.2) is 24.6 Å². The van der Waals surface area contributed by atoms with Gasteiger partial charge in [-0.05, 0) is 19.4 Å². The summed E-state index contributed by atoms with van der Waals surface area (Å²) >= 11 is 0. The molecule has 168 valence electrons. The van der Waals surface area contributed by atoms with Crippen LogP contribution in [-0.2, 0) is 13.8 Å². The molecule has 8 N–H and O–H groups in total. The summed E-state index contributed by atoms with van der Waals surface area (Å²) < 4.78 is 24.3. The molecular formula is C16H28N7O6P. The van der Waals surface area contributed by atoms with Gasteiger partial charge >= 0.3 is 7.75 Å². The number of nitrogens with two attached hydrogens (primary N) is 2. The first-order valence-electron chi connectivity index (χ1n) is 9.71. The van der Waals surface area contributed by atoms with E-state index in [0.717, 1.165) is 19.3 Å². The maximum atomic E-state index is 12.1. The van der Waals surface area contributed by atoms with Gasteiger partial charge in [0, 0.05) is 6.54 Å². The van der Waals surface area contributed by atoms with Crippen LogP contribution < -0.4 is 16.6 Å². The van der Waals surface area contributed by atoms with Crippen LogP contribution in [0.2, 0.25) is 0 Å². The van der Waals surface area contributed by atoms with E-state index in [4.69, 9.17) is 20.7 Å². The van der Waals surface area contributed by atoms with Crippen LogP contribution in [0.4, 0.5) is 5.82 Å². The number of unbranched alkanes of at least 4 members (excludes halogenated alkanes) is 3. The van der Waals surface area contributed by atoms with E-state index in [0.29, 0.717) is 30.7 Å². The molecule has 0 saturated carbocycles. The van der Waals surface area contributed by atoms with Crippen LogP contribution in [-0.4, -0.2) is 72.6 Å². The number of aliphatic hydroxyl groups excluding tert-OH is 2. The number of aromatic nitrogens is 4. The normalized spacial score (nSPS) is 26.3. The highest BCUT2D eigenvalue weighted by atomic mass is 31.2. The quantitative estimate of drug-likeness (QED) is 0.187. The number of nitrogens with one attached hydrogen (secondary N) is 1. The van der Waals surface area contributed by atoms with Crippen LogP contribution in [0.1, 0.15) is 31.9 Å². The Bertz CT molecular complexity index is 883. The second kappa shape index (κ2) is 10.1. The van der Waals surface area contributed by atoms with Gasteiger partial charge in [-0.1, -0.05) is 12.8 Å². The van der Waals surface area contributed by atoms with Crippen molar-refractivity contribution in [2.45, 2.75) is 50.2 Å². The van der Waals surface area contributed by atoms with Crippen LogP contribution in [0.3, 0.4) is 0 Å².